The summed E-state index contributed by atoms with van der Waals surface area (Å²) in [6.07, 6.45) is 0. The molecule has 11 heavy (non-hydrogen) atoms. The molecule has 0 saturated heterocycles. The molecule has 0 amide bonds. The zero-order chi connectivity index (χ0) is 8.78. The molecule has 0 aliphatic heterocycles. The van der Waals surface area contributed by atoms with Crippen LogP contribution in [0.1, 0.15) is 0 Å². The van der Waals surface area contributed by atoms with Crippen LogP contribution in [0.5, 0.6) is 0 Å². The molecule has 0 aliphatic carbocycles. The summed E-state index contributed by atoms with van der Waals surface area (Å²) in [4.78, 5) is 9.24. The molecular formula is C2H5NO6SZn. The molecule has 0 aromatic rings. The Hall–Kier alpha value is -0.0766. The molecule has 0 radical (unpaired) electrons. The predicted molar refractivity (Wildman–Crippen MR) is 27.2 cm³/mol. The molecule has 3 N–H and O–H groups in total. The fourth-order valence-corrected chi connectivity index (χ4v) is 0. The van der Waals surface area contributed by atoms with Crippen LogP contribution in [0.3, 0.4) is 0 Å². The maximum atomic E-state index is 9.24. The second kappa shape index (κ2) is 8.02. The van der Waals surface area contributed by atoms with E-state index in [1.165, 1.54) is 0 Å². The van der Waals surface area contributed by atoms with Crippen LogP contribution >= 0.6 is 0 Å². The molecular weight excluding hydrogens is 231 g/mol. The maximum absolute atomic E-state index is 9.24. The van der Waals surface area contributed by atoms with E-state index in [-0.39, 0.29) is 26.0 Å². The van der Waals surface area contributed by atoms with Crippen molar-refractivity contribution in [3.8, 4) is 0 Å². The molecule has 0 spiro atoms. The van der Waals surface area contributed by atoms with Gasteiger partial charge in [-0.2, -0.15) is 0 Å². The van der Waals surface area contributed by atoms with Gasteiger partial charge in [-0.05, 0) is 0 Å². The summed E-state index contributed by atoms with van der Waals surface area (Å²) in [5.41, 5.74) is 4.57. The van der Waals surface area contributed by atoms with E-state index in [1.807, 2.05) is 0 Å². The van der Waals surface area contributed by atoms with Crippen molar-refractivity contribution in [2.75, 3.05) is 6.54 Å². The zero-order valence-corrected chi connectivity index (χ0v) is 9.17. The summed E-state index contributed by atoms with van der Waals surface area (Å²) in [6.45, 7) is -0.278. The fraction of sp³-hybridized carbons (Fsp3) is 0.500. The molecule has 0 unspecified atom stereocenters. The average molecular weight is 237 g/mol. The number of hydrogen-bond acceptors (Lipinski definition) is 6. The molecule has 0 bridgehead atoms. The second-order valence-corrected chi connectivity index (χ2v) is 1.82. The number of carbonyl (C=O) groups is 1. The van der Waals surface area contributed by atoms with Gasteiger partial charge >= 0.3 is 25.4 Å². The number of carboxylic acids is 1. The van der Waals surface area contributed by atoms with Crippen molar-refractivity contribution < 1.29 is 46.9 Å². The third kappa shape index (κ3) is 168. The summed E-state index contributed by atoms with van der Waals surface area (Å²) >= 11 is 0. The normalized spacial score (nSPS) is 8.64. The fourth-order valence-electron chi connectivity index (χ4n) is 0. The van der Waals surface area contributed by atoms with Crippen LogP contribution in [0, 0.1) is 0 Å². The Balaban J connectivity index is -0.000000107. The SMILES string of the molecule is NCC(=O)O.O=S(=O)([O-])[O-].[Zn+2]. The van der Waals surface area contributed by atoms with Crippen molar-refractivity contribution in [1.29, 1.82) is 0 Å². The number of rotatable bonds is 1. The monoisotopic (exact) mass is 235 g/mol. The van der Waals surface area contributed by atoms with Crippen molar-refractivity contribution in [2.24, 2.45) is 5.73 Å². The minimum Gasteiger partial charge on any atom is -0.759 e. The maximum Gasteiger partial charge on any atom is 2.00 e. The van der Waals surface area contributed by atoms with Crippen LogP contribution < -0.4 is 5.73 Å². The largest absolute Gasteiger partial charge is 2.00 e. The van der Waals surface area contributed by atoms with Gasteiger partial charge in [-0.15, -0.1) is 0 Å². The quantitative estimate of drug-likeness (QED) is 0.296. The Morgan fingerprint density at radius 3 is 1.55 bits per heavy atom. The third-order valence-electron chi connectivity index (χ3n) is 0.175. The number of aliphatic carboxylic acids is 1. The molecule has 0 fully saturated rings. The van der Waals surface area contributed by atoms with Crippen molar-refractivity contribution >= 4 is 16.4 Å². The molecule has 0 aromatic carbocycles. The topological polar surface area (TPSA) is 144 Å². The number of hydrogen-bond donors (Lipinski definition) is 2. The van der Waals surface area contributed by atoms with Gasteiger partial charge in [-0.1, -0.05) is 0 Å². The van der Waals surface area contributed by atoms with Gasteiger partial charge in [0.1, 0.15) is 0 Å². The third-order valence-corrected chi connectivity index (χ3v) is 0.175. The van der Waals surface area contributed by atoms with Gasteiger partial charge in [-0.25, -0.2) is 0 Å². The minimum atomic E-state index is -5.17. The first-order chi connectivity index (χ1) is 4.27. The van der Waals surface area contributed by atoms with E-state index in [0.717, 1.165) is 0 Å². The minimum absolute atomic E-state index is 0. The van der Waals surface area contributed by atoms with Crippen molar-refractivity contribution in [3.05, 3.63) is 0 Å². The van der Waals surface area contributed by atoms with Crippen LogP contribution in [0.25, 0.3) is 0 Å². The van der Waals surface area contributed by atoms with Crippen LogP contribution in [-0.4, -0.2) is 35.1 Å². The second-order valence-electron chi connectivity index (χ2n) is 1.01. The molecule has 7 nitrogen and oxygen atoms in total. The van der Waals surface area contributed by atoms with Gasteiger partial charge in [-0.3, -0.25) is 13.2 Å². The Labute approximate surface area is 75.9 Å². The van der Waals surface area contributed by atoms with E-state index < -0.39 is 16.4 Å². The standard InChI is InChI=1S/C2H5NO2.H2O4S.Zn/c3-1-2(4)5;1-5(2,3)4;/h1,3H2,(H,4,5);(H2,1,2,3,4);/q;;+2/p-2. The molecule has 0 aliphatic rings. The van der Waals surface area contributed by atoms with Gasteiger partial charge in [0, 0.05) is 10.4 Å². The van der Waals surface area contributed by atoms with Gasteiger partial charge in [0.25, 0.3) is 0 Å². The van der Waals surface area contributed by atoms with Crippen molar-refractivity contribution in [2.45, 2.75) is 0 Å². The van der Waals surface area contributed by atoms with Gasteiger partial charge in [0.2, 0.25) is 0 Å². The number of nitrogens with two attached hydrogens (primary N) is 1. The predicted octanol–water partition coefficient (Wildman–Crippen LogP) is -2.31. The Kier molecular flexibility index (Phi) is 12.5. The number of carboxylic acid groups (broad SMARTS) is 1. The van der Waals surface area contributed by atoms with Crippen molar-refractivity contribution in [1.82, 2.24) is 0 Å². The van der Waals surface area contributed by atoms with Crippen LogP contribution in [-0.2, 0) is 34.7 Å². The molecule has 0 rings (SSSR count). The van der Waals surface area contributed by atoms with Gasteiger partial charge in [0.05, 0.1) is 6.54 Å². The van der Waals surface area contributed by atoms with Crippen LogP contribution in [0.4, 0.5) is 0 Å². The Morgan fingerprint density at radius 2 is 1.55 bits per heavy atom. The van der Waals surface area contributed by atoms with E-state index in [2.05, 4.69) is 5.73 Å². The van der Waals surface area contributed by atoms with Crippen LogP contribution in [0.2, 0.25) is 0 Å². The van der Waals surface area contributed by atoms with Gasteiger partial charge < -0.3 is 19.9 Å². The molecule has 0 saturated carbocycles. The summed E-state index contributed by atoms with van der Waals surface area (Å²) in [5, 5.41) is 7.60. The molecule has 0 heterocycles. The van der Waals surface area contributed by atoms with Crippen molar-refractivity contribution in [3.63, 3.8) is 0 Å². The van der Waals surface area contributed by atoms with E-state index in [1.54, 1.807) is 0 Å². The Bertz CT molecular complexity index is 179. The van der Waals surface area contributed by atoms with E-state index in [4.69, 9.17) is 22.6 Å². The van der Waals surface area contributed by atoms with E-state index >= 15 is 0 Å². The smallest absolute Gasteiger partial charge is 0.759 e. The zero-order valence-electron chi connectivity index (χ0n) is 5.39. The Morgan fingerprint density at radius 1 is 1.45 bits per heavy atom. The average Bonchev–Trinajstić information content (AvgIpc) is 1.61. The molecule has 0 aromatic heterocycles. The summed E-state index contributed by atoms with van der Waals surface area (Å²) in [6, 6.07) is 0. The van der Waals surface area contributed by atoms with Gasteiger partial charge in [0.15, 0.2) is 0 Å². The van der Waals surface area contributed by atoms with E-state index in [9.17, 15) is 4.79 Å². The van der Waals surface area contributed by atoms with E-state index in [0.29, 0.717) is 0 Å². The molecule has 9 heteroatoms. The summed E-state index contributed by atoms with van der Waals surface area (Å²) < 4.78 is 34.1. The first-order valence-electron chi connectivity index (χ1n) is 1.86. The summed E-state index contributed by atoms with van der Waals surface area (Å²) in [5.74, 6) is -0.968. The van der Waals surface area contributed by atoms with Crippen LogP contribution in [0.15, 0.2) is 0 Å². The first-order valence-corrected chi connectivity index (χ1v) is 3.19. The first kappa shape index (κ1) is 17.1. The molecule has 0 atom stereocenters. The molecule has 62 valence electrons. The summed E-state index contributed by atoms with van der Waals surface area (Å²) in [7, 11) is -5.17.